The van der Waals surface area contributed by atoms with Gasteiger partial charge in [0.25, 0.3) is 0 Å². The van der Waals surface area contributed by atoms with E-state index in [1.54, 1.807) is 0 Å². The van der Waals surface area contributed by atoms with E-state index in [4.69, 9.17) is 13.3 Å². The average Bonchev–Trinajstić information content (AvgIpc) is 2.46. The summed E-state index contributed by atoms with van der Waals surface area (Å²) < 4.78 is 18.3. The molecule has 0 unspecified atom stereocenters. The Morgan fingerprint density at radius 2 is 1.57 bits per heavy atom. The minimum absolute atomic E-state index is 0.675. The topological polar surface area (TPSA) is 30.9 Å². The third-order valence-electron chi connectivity index (χ3n) is 3.54. The fraction of sp³-hybridized carbons (Fsp3) is 1.00. The van der Waals surface area contributed by atoms with Gasteiger partial charge in [0.15, 0.2) is 0 Å². The largest absolute Gasteiger partial charge is 0.515 e. The molecule has 0 N–H and O–H groups in total. The molecule has 21 heavy (non-hydrogen) atoms. The Morgan fingerprint density at radius 3 is 2.05 bits per heavy atom. The maximum Gasteiger partial charge on any atom is 0.515 e. The van der Waals surface area contributed by atoms with Crippen LogP contribution in [0.25, 0.3) is 0 Å². The van der Waals surface area contributed by atoms with Crippen molar-refractivity contribution in [2.75, 3.05) is 50.6 Å². The van der Waals surface area contributed by atoms with Crippen LogP contribution in [0.5, 0.6) is 0 Å². The number of unbranched alkanes of at least 4 members (excludes halogenated alkanes) is 2. The van der Waals surface area contributed by atoms with E-state index in [1.165, 1.54) is 25.7 Å². The third-order valence-corrected chi connectivity index (χ3v) is 7.30. The molecule has 6 heteroatoms. The van der Waals surface area contributed by atoms with Gasteiger partial charge in [-0.2, -0.15) is 11.8 Å². The van der Waals surface area contributed by atoms with Crippen LogP contribution in [0.1, 0.15) is 46.5 Å². The second-order valence-electron chi connectivity index (χ2n) is 5.41. The zero-order valence-electron chi connectivity index (χ0n) is 14.1. The molecule has 0 aromatic rings. The quantitative estimate of drug-likeness (QED) is 0.572. The molecule has 0 amide bonds. The fourth-order valence-electron chi connectivity index (χ4n) is 2.40. The van der Waals surface area contributed by atoms with Crippen molar-refractivity contribution in [2.45, 2.75) is 46.5 Å². The van der Waals surface area contributed by atoms with Crippen LogP contribution in [0.15, 0.2) is 0 Å². The van der Waals surface area contributed by atoms with E-state index >= 15 is 0 Å². The summed E-state index contributed by atoms with van der Waals surface area (Å²) in [6.45, 7) is 11.0. The molecule has 0 spiro atoms. The molecule has 1 aliphatic heterocycles. The first-order chi connectivity index (χ1) is 10.3. The molecule has 1 heterocycles. The van der Waals surface area contributed by atoms with Crippen LogP contribution in [0.3, 0.4) is 0 Å². The first kappa shape index (κ1) is 19.5. The Bertz CT molecular complexity index is 243. The Hall–Kier alpha value is 0.407. The summed E-state index contributed by atoms with van der Waals surface area (Å²) in [4.78, 5) is 2.50. The second kappa shape index (κ2) is 11.9. The molecule has 1 rings (SSSR count). The third kappa shape index (κ3) is 8.00. The zero-order chi connectivity index (χ0) is 15.4. The van der Waals surface area contributed by atoms with Crippen LogP contribution in [0.2, 0.25) is 0 Å². The molecular formula is C15H33NO3SSi. The van der Waals surface area contributed by atoms with Crippen molar-refractivity contribution in [3.8, 4) is 0 Å². The first-order valence-corrected chi connectivity index (χ1v) is 11.6. The summed E-state index contributed by atoms with van der Waals surface area (Å²) in [5.41, 5.74) is 0. The lowest BCUT2D eigenvalue weighted by atomic mass is 10.3. The lowest BCUT2D eigenvalue weighted by Crippen LogP contribution is -2.56. The summed E-state index contributed by atoms with van der Waals surface area (Å²) in [5, 5.41) is 0. The van der Waals surface area contributed by atoms with Gasteiger partial charge in [0, 0.05) is 31.3 Å². The van der Waals surface area contributed by atoms with Crippen LogP contribution in [0, 0.1) is 0 Å². The van der Waals surface area contributed by atoms with Gasteiger partial charge in [-0.15, -0.1) is 0 Å². The van der Waals surface area contributed by atoms with Gasteiger partial charge in [-0.1, -0.05) is 26.7 Å². The molecule has 0 radical (unpaired) electrons. The van der Waals surface area contributed by atoms with Crippen LogP contribution in [-0.4, -0.2) is 64.3 Å². The van der Waals surface area contributed by atoms with Crippen molar-refractivity contribution >= 4 is 20.6 Å². The minimum Gasteiger partial charge on any atom is -0.373 e. The summed E-state index contributed by atoms with van der Waals surface area (Å²) >= 11 is 1.90. The van der Waals surface area contributed by atoms with Gasteiger partial charge < -0.3 is 13.3 Å². The van der Waals surface area contributed by atoms with E-state index in [1.807, 2.05) is 18.7 Å². The van der Waals surface area contributed by atoms with Gasteiger partial charge in [0.2, 0.25) is 0 Å². The van der Waals surface area contributed by atoms with Crippen LogP contribution < -0.4 is 0 Å². The van der Waals surface area contributed by atoms with Crippen molar-refractivity contribution in [3.63, 3.8) is 0 Å². The molecule has 0 aromatic heterocycles. The van der Waals surface area contributed by atoms with E-state index in [0.29, 0.717) is 6.61 Å². The molecule has 0 aliphatic carbocycles. The standard InChI is InChI=1S/C15H33NO3SSi/c1-4-7-9-16(10-8-5-2)15-21(17-6-3)18-11-13-20-14-12-19-21/h4-15H2,1-3H3. The van der Waals surface area contributed by atoms with Crippen molar-refractivity contribution in [2.24, 2.45) is 0 Å². The molecule has 1 saturated heterocycles. The predicted molar refractivity (Wildman–Crippen MR) is 92.9 cm³/mol. The molecule has 1 fully saturated rings. The van der Waals surface area contributed by atoms with E-state index in [2.05, 4.69) is 18.7 Å². The van der Waals surface area contributed by atoms with Gasteiger partial charge in [0.1, 0.15) is 0 Å². The van der Waals surface area contributed by atoms with Gasteiger partial charge in [-0.25, -0.2) is 0 Å². The van der Waals surface area contributed by atoms with Gasteiger partial charge in [-0.05, 0) is 32.9 Å². The SMILES string of the molecule is CCCCN(CCCC)C[Si]1(OCC)OCCSCCO1. The molecule has 0 atom stereocenters. The number of hydrogen-bond donors (Lipinski definition) is 0. The highest BCUT2D eigenvalue weighted by Gasteiger charge is 2.43. The summed E-state index contributed by atoms with van der Waals surface area (Å²) in [6.07, 6.45) is 5.77. The number of hydrogen-bond acceptors (Lipinski definition) is 5. The first-order valence-electron chi connectivity index (χ1n) is 8.48. The van der Waals surface area contributed by atoms with Crippen molar-refractivity contribution in [1.82, 2.24) is 4.90 Å². The summed E-state index contributed by atoms with van der Waals surface area (Å²) in [5.74, 6) is 2.10. The van der Waals surface area contributed by atoms with E-state index in [0.717, 1.165) is 44.0 Å². The smallest absolute Gasteiger partial charge is 0.373 e. The fourth-order valence-corrected chi connectivity index (χ4v) is 5.96. The predicted octanol–water partition coefficient (Wildman–Crippen LogP) is 3.18. The molecule has 0 aromatic carbocycles. The summed E-state index contributed by atoms with van der Waals surface area (Å²) in [7, 11) is -2.52. The molecule has 0 bridgehead atoms. The average molecular weight is 336 g/mol. The summed E-state index contributed by atoms with van der Waals surface area (Å²) in [6, 6.07) is 0. The highest BCUT2D eigenvalue weighted by atomic mass is 32.2. The van der Waals surface area contributed by atoms with Crippen LogP contribution >= 0.6 is 11.8 Å². The van der Waals surface area contributed by atoms with Crippen molar-refractivity contribution in [3.05, 3.63) is 0 Å². The molecule has 4 nitrogen and oxygen atoms in total. The lowest BCUT2D eigenvalue weighted by molar-refractivity contribution is 0.0559. The van der Waals surface area contributed by atoms with Gasteiger partial charge >= 0.3 is 8.80 Å². The number of thioether (sulfide) groups is 1. The number of rotatable bonds is 10. The van der Waals surface area contributed by atoms with Gasteiger partial charge in [0.05, 0.1) is 6.17 Å². The zero-order valence-corrected chi connectivity index (χ0v) is 15.9. The Balaban J connectivity index is 2.64. The Morgan fingerprint density at radius 1 is 1.00 bits per heavy atom. The van der Waals surface area contributed by atoms with Crippen molar-refractivity contribution in [1.29, 1.82) is 0 Å². The maximum atomic E-state index is 6.13. The van der Waals surface area contributed by atoms with Crippen molar-refractivity contribution < 1.29 is 13.3 Å². The Labute approximate surface area is 136 Å². The lowest BCUT2D eigenvalue weighted by Gasteiger charge is -2.35. The number of nitrogens with zero attached hydrogens (tertiary/aromatic N) is 1. The van der Waals surface area contributed by atoms with Crippen LogP contribution in [-0.2, 0) is 13.3 Å². The minimum atomic E-state index is -2.52. The van der Waals surface area contributed by atoms with Crippen LogP contribution in [0.4, 0.5) is 0 Å². The molecule has 0 saturated carbocycles. The molecule has 126 valence electrons. The maximum absolute atomic E-state index is 6.13. The van der Waals surface area contributed by atoms with Gasteiger partial charge in [-0.3, -0.25) is 4.90 Å². The highest BCUT2D eigenvalue weighted by Crippen LogP contribution is 2.17. The monoisotopic (exact) mass is 335 g/mol. The molecule has 1 aliphatic rings. The highest BCUT2D eigenvalue weighted by molar-refractivity contribution is 7.99. The van der Waals surface area contributed by atoms with E-state index < -0.39 is 8.80 Å². The Kier molecular flexibility index (Phi) is 11.0. The van der Waals surface area contributed by atoms with E-state index in [-0.39, 0.29) is 0 Å². The second-order valence-corrected chi connectivity index (χ2v) is 9.18. The molecular weight excluding hydrogens is 302 g/mol. The normalized spacial score (nSPS) is 19.4. The van der Waals surface area contributed by atoms with E-state index in [9.17, 15) is 0 Å².